The number of nitrogens with one attached hydrogen (secondary N) is 1. The van der Waals surface area contributed by atoms with Crippen LogP contribution < -0.4 is 15.8 Å². The van der Waals surface area contributed by atoms with Gasteiger partial charge in [0.25, 0.3) is 0 Å². The second-order valence-corrected chi connectivity index (χ2v) is 4.79. The molecule has 2 aromatic carbocycles. The Hall–Kier alpha value is -3.20. The quantitative estimate of drug-likeness (QED) is 0.668. The largest absolute Gasteiger partial charge is 0.495 e. The molecule has 1 amide bonds. The molecule has 0 unspecified atom stereocenters. The van der Waals surface area contributed by atoms with Crippen molar-refractivity contribution in [3.05, 3.63) is 59.4 Å². The normalized spacial score (nSPS) is 9.58. The molecule has 0 fully saturated rings. The second-order valence-electron chi connectivity index (χ2n) is 4.79. The molecule has 0 bridgehead atoms. The Labute approximate surface area is 139 Å². The molecule has 0 aliphatic carbocycles. The average molecular weight is 328 g/mol. The lowest BCUT2D eigenvalue weighted by Gasteiger charge is -2.05. The van der Waals surface area contributed by atoms with Crippen LogP contribution in [0, 0.1) is 17.7 Å². The molecule has 6 heteroatoms. The van der Waals surface area contributed by atoms with E-state index in [4.69, 9.17) is 15.2 Å². The van der Waals surface area contributed by atoms with Gasteiger partial charge in [-0.3, -0.25) is 0 Å². The number of methoxy groups -OCH3 is 1. The number of amides is 1. The Balaban J connectivity index is 1.84. The zero-order chi connectivity index (χ0) is 17.4. The van der Waals surface area contributed by atoms with Crippen molar-refractivity contribution in [3.63, 3.8) is 0 Å². The second kappa shape index (κ2) is 8.44. The summed E-state index contributed by atoms with van der Waals surface area (Å²) in [6, 6.07) is 11.9. The lowest BCUT2D eigenvalue weighted by Crippen LogP contribution is -2.24. The van der Waals surface area contributed by atoms with Crippen molar-refractivity contribution >= 4 is 11.8 Å². The summed E-state index contributed by atoms with van der Waals surface area (Å²) in [5.41, 5.74) is 6.81. The maximum atomic E-state index is 13.7. The third-order valence-electron chi connectivity index (χ3n) is 3.08. The van der Waals surface area contributed by atoms with Crippen molar-refractivity contribution in [2.75, 3.05) is 19.4 Å². The van der Waals surface area contributed by atoms with Crippen molar-refractivity contribution in [2.45, 2.75) is 6.61 Å². The van der Waals surface area contributed by atoms with Gasteiger partial charge in [-0.15, -0.1) is 0 Å². The molecule has 124 valence electrons. The van der Waals surface area contributed by atoms with E-state index in [0.29, 0.717) is 5.75 Å². The molecule has 0 saturated heterocycles. The van der Waals surface area contributed by atoms with E-state index in [1.54, 1.807) is 0 Å². The predicted molar refractivity (Wildman–Crippen MR) is 88.9 cm³/mol. The van der Waals surface area contributed by atoms with Crippen molar-refractivity contribution in [3.8, 4) is 17.6 Å². The van der Waals surface area contributed by atoms with Crippen LogP contribution in [-0.2, 0) is 11.3 Å². The fraction of sp³-hybridized carbons (Fsp3) is 0.167. The minimum atomic E-state index is -0.594. The highest BCUT2D eigenvalue weighted by molar-refractivity contribution is 5.67. The molecule has 2 rings (SSSR count). The zero-order valence-electron chi connectivity index (χ0n) is 13.1. The van der Waals surface area contributed by atoms with Crippen molar-refractivity contribution in [1.29, 1.82) is 0 Å². The summed E-state index contributed by atoms with van der Waals surface area (Å²) in [5.74, 6) is 5.05. The molecular weight excluding hydrogens is 311 g/mol. The minimum absolute atomic E-state index is 0.0275. The van der Waals surface area contributed by atoms with E-state index in [0.717, 1.165) is 11.6 Å². The molecule has 0 atom stereocenters. The van der Waals surface area contributed by atoms with Gasteiger partial charge in [0.05, 0.1) is 24.9 Å². The van der Waals surface area contributed by atoms with E-state index < -0.39 is 11.9 Å². The van der Waals surface area contributed by atoms with E-state index in [-0.39, 0.29) is 24.4 Å². The van der Waals surface area contributed by atoms with Gasteiger partial charge in [0.1, 0.15) is 18.2 Å². The minimum Gasteiger partial charge on any atom is -0.495 e. The van der Waals surface area contributed by atoms with Gasteiger partial charge in [-0.2, -0.15) is 0 Å². The number of rotatable bonds is 4. The first-order chi connectivity index (χ1) is 11.6. The summed E-state index contributed by atoms with van der Waals surface area (Å²) in [5, 5.41) is 2.47. The van der Waals surface area contributed by atoms with Crippen molar-refractivity contribution in [1.82, 2.24) is 5.32 Å². The Morgan fingerprint density at radius 1 is 1.29 bits per heavy atom. The molecule has 0 aromatic heterocycles. The zero-order valence-corrected chi connectivity index (χ0v) is 13.1. The highest BCUT2D eigenvalue weighted by Gasteiger charge is 2.06. The fourth-order valence-corrected chi connectivity index (χ4v) is 1.87. The van der Waals surface area contributed by atoms with Crippen LogP contribution >= 0.6 is 0 Å². The maximum absolute atomic E-state index is 13.7. The van der Waals surface area contributed by atoms with Crippen molar-refractivity contribution < 1.29 is 18.7 Å². The molecule has 2 aromatic rings. The summed E-state index contributed by atoms with van der Waals surface area (Å²) in [6.45, 7) is 0.198. The lowest BCUT2D eigenvalue weighted by molar-refractivity contribution is 0.141. The number of hydrogen-bond acceptors (Lipinski definition) is 4. The molecule has 0 radical (unpaired) electrons. The first kappa shape index (κ1) is 17.2. The van der Waals surface area contributed by atoms with E-state index in [1.165, 1.54) is 13.2 Å². The van der Waals surface area contributed by atoms with Gasteiger partial charge in [-0.05, 0) is 5.56 Å². The Kier molecular flexibility index (Phi) is 6.03. The lowest BCUT2D eigenvalue weighted by atomic mass is 10.2. The Bertz CT molecular complexity index is 767. The predicted octanol–water partition coefficient (Wildman–Crippen LogP) is 2.69. The molecule has 0 saturated carbocycles. The smallest absolute Gasteiger partial charge is 0.408 e. The molecule has 0 heterocycles. The molecular formula is C18H17FN2O3. The molecule has 24 heavy (non-hydrogen) atoms. The number of benzene rings is 2. The van der Waals surface area contributed by atoms with Crippen LogP contribution in [0.3, 0.4) is 0 Å². The Morgan fingerprint density at radius 2 is 2.04 bits per heavy atom. The SMILES string of the molecule is COc1cc(C#CCNC(=O)OCc2ccccc2)c(F)cc1N. The molecule has 0 aliphatic rings. The summed E-state index contributed by atoms with van der Waals surface area (Å²) < 4.78 is 23.7. The van der Waals surface area contributed by atoms with E-state index in [2.05, 4.69) is 17.2 Å². The van der Waals surface area contributed by atoms with Crippen LogP contribution in [0.1, 0.15) is 11.1 Å². The maximum Gasteiger partial charge on any atom is 0.408 e. The van der Waals surface area contributed by atoms with E-state index >= 15 is 0 Å². The van der Waals surface area contributed by atoms with Crippen LogP contribution in [0.4, 0.5) is 14.9 Å². The summed E-state index contributed by atoms with van der Waals surface area (Å²) in [6.07, 6.45) is -0.594. The highest BCUT2D eigenvalue weighted by Crippen LogP contribution is 2.24. The van der Waals surface area contributed by atoms with Crippen LogP contribution in [0.15, 0.2) is 42.5 Å². The number of nitrogen functional groups attached to an aromatic ring is 1. The average Bonchev–Trinajstić information content (AvgIpc) is 2.59. The molecule has 5 nitrogen and oxygen atoms in total. The van der Waals surface area contributed by atoms with Gasteiger partial charge in [0, 0.05) is 12.1 Å². The van der Waals surface area contributed by atoms with Crippen LogP contribution in [0.25, 0.3) is 0 Å². The van der Waals surface area contributed by atoms with Crippen LogP contribution in [0.2, 0.25) is 0 Å². The third-order valence-corrected chi connectivity index (χ3v) is 3.08. The number of carbonyl (C=O) groups excluding carboxylic acids is 1. The number of halogens is 1. The first-order valence-corrected chi connectivity index (χ1v) is 7.16. The number of hydrogen-bond donors (Lipinski definition) is 2. The van der Waals surface area contributed by atoms with Gasteiger partial charge in [-0.25, -0.2) is 9.18 Å². The molecule has 0 spiro atoms. The monoisotopic (exact) mass is 328 g/mol. The third kappa shape index (κ3) is 4.92. The van der Waals surface area contributed by atoms with Gasteiger partial charge in [0.15, 0.2) is 0 Å². The van der Waals surface area contributed by atoms with Crippen molar-refractivity contribution in [2.24, 2.45) is 0 Å². The van der Waals surface area contributed by atoms with E-state index in [1.807, 2.05) is 30.3 Å². The standard InChI is InChI=1S/C18H17FN2O3/c1-23-17-10-14(15(19)11-16(17)20)8-5-9-21-18(22)24-12-13-6-3-2-4-7-13/h2-4,6-7,10-11H,9,12,20H2,1H3,(H,21,22). The van der Waals surface area contributed by atoms with Gasteiger partial charge in [0.2, 0.25) is 0 Å². The Morgan fingerprint density at radius 3 is 2.75 bits per heavy atom. The number of ether oxygens (including phenoxy) is 2. The number of anilines is 1. The fourth-order valence-electron chi connectivity index (χ4n) is 1.87. The number of carbonyl (C=O) groups is 1. The summed E-state index contributed by atoms with van der Waals surface area (Å²) in [4.78, 5) is 11.5. The highest BCUT2D eigenvalue weighted by atomic mass is 19.1. The topological polar surface area (TPSA) is 73.6 Å². The van der Waals surface area contributed by atoms with Crippen LogP contribution in [-0.4, -0.2) is 19.7 Å². The summed E-state index contributed by atoms with van der Waals surface area (Å²) in [7, 11) is 1.44. The molecule has 3 N–H and O–H groups in total. The molecule has 0 aliphatic heterocycles. The van der Waals surface area contributed by atoms with E-state index in [9.17, 15) is 9.18 Å². The van der Waals surface area contributed by atoms with Gasteiger partial charge < -0.3 is 20.5 Å². The van der Waals surface area contributed by atoms with Gasteiger partial charge in [-0.1, -0.05) is 42.2 Å². The number of alkyl carbamates (subject to hydrolysis) is 1. The van der Waals surface area contributed by atoms with Crippen LogP contribution in [0.5, 0.6) is 5.75 Å². The van der Waals surface area contributed by atoms with Gasteiger partial charge >= 0.3 is 6.09 Å². The first-order valence-electron chi connectivity index (χ1n) is 7.16. The number of nitrogens with two attached hydrogens (primary N) is 1. The summed E-state index contributed by atoms with van der Waals surface area (Å²) >= 11 is 0.